The van der Waals surface area contributed by atoms with E-state index in [2.05, 4.69) is 22.0 Å². The van der Waals surface area contributed by atoms with E-state index in [-0.39, 0.29) is 6.04 Å². The third-order valence-corrected chi connectivity index (χ3v) is 2.78. The van der Waals surface area contributed by atoms with E-state index in [4.69, 9.17) is 5.73 Å². The number of aromatic nitrogens is 2. The molecule has 1 aliphatic heterocycles. The predicted molar refractivity (Wildman–Crippen MR) is 56.1 cm³/mol. The Morgan fingerprint density at radius 2 is 2.14 bits per heavy atom. The molecule has 0 radical (unpaired) electrons. The summed E-state index contributed by atoms with van der Waals surface area (Å²) in [4.78, 5) is 2.20. The van der Waals surface area contributed by atoms with Crippen molar-refractivity contribution in [3.05, 3.63) is 17.8 Å². The molecular weight excluding hydrogens is 176 g/mol. The number of aryl methyl sites for hydroxylation is 1. The number of nitrogens with two attached hydrogens (primary N) is 1. The Morgan fingerprint density at radius 1 is 1.36 bits per heavy atom. The van der Waals surface area contributed by atoms with Crippen molar-refractivity contribution in [3.63, 3.8) is 0 Å². The monoisotopic (exact) mass is 192 g/mol. The molecule has 1 aliphatic rings. The Labute approximate surface area is 84.1 Å². The molecule has 1 aromatic rings. The molecule has 2 unspecified atom stereocenters. The Balaban J connectivity index is 2.13. The summed E-state index contributed by atoms with van der Waals surface area (Å²) in [6, 6.07) is 4.25. The van der Waals surface area contributed by atoms with Gasteiger partial charge in [-0.3, -0.25) is 0 Å². The first-order chi connectivity index (χ1) is 6.66. The molecule has 2 N–H and O–H groups in total. The molecule has 1 fully saturated rings. The second-order valence-corrected chi connectivity index (χ2v) is 4.08. The first-order valence-corrected chi connectivity index (χ1v) is 4.97. The molecule has 0 aromatic carbocycles. The van der Waals surface area contributed by atoms with Crippen molar-refractivity contribution >= 4 is 5.82 Å². The first kappa shape index (κ1) is 9.40. The quantitative estimate of drug-likeness (QED) is 0.706. The Hall–Kier alpha value is -1.16. The van der Waals surface area contributed by atoms with Crippen molar-refractivity contribution in [1.29, 1.82) is 0 Å². The second-order valence-electron chi connectivity index (χ2n) is 4.08. The van der Waals surface area contributed by atoms with Crippen LogP contribution in [-0.4, -0.2) is 29.3 Å². The molecule has 1 aromatic heterocycles. The molecule has 14 heavy (non-hydrogen) atoms. The molecule has 0 spiro atoms. The molecule has 4 nitrogen and oxygen atoms in total. The van der Waals surface area contributed by atoms with Gasteiger partial charge >= 0.3 is 0 Å². The van der Waals surface area contributed by atoms with Crippen LogP contribution in [0.15, 0.2) is 12.1 Å². The molecule has 0 aliphatic carbocycles. The van der Waals surface area contributed by atoms with Gasteiger partial charge in [-0.2, -0.15) is 5.10 Å². The summed E-state index contributed by atoms with van der Waals surface area (Å²) in [6.07, 6.45) is 0. The van der Waals surface area contributed by atoms with E-state index >= 15 is 0 Å². The van der Waals surface area contributed by atoms with Gasteiger partial charge in [0.15, 0.2) is 5.82 Å². The summed E-state index contributed by atoms with van der Waals surface area (Å²) in [6.45, 7) is 5.99. The van der Waals surface area contributed by atoms with Crippen LogP contribution in [0.2, 0.25) is 0 Å². The lowest BCUT2D eigenvalue weighted by Gasteiger charge is -2.15. The van der Waals surface area contributed by atoms with Crippen LogP contribution < -0.4 is 10.6 Å². The van der Waals surface area contributed by atoms with Crippen molar-refractivity contribution in [2.75, 3.05) is 18.0 Å². The first-order valence-electron chi connectivity index (χ1n) is 4.97. The fourth-order valence-corrected chi connectivity index (χ4v) is 1.74. The van der Waals surface area contributed by atoms with Crippen molar-refractivity contribution in [3.8, 4) is 0 Å². The minimum atomic E-state index is 0.262. The largest absolute Gasteiger partial charge is 0.353 e. The summed E-state index contributed by atoms with van der Waals surface area (Å²) in [5.74, 6) is 1.48. The maximum absolute atomic E-state index is 5.95. The molecule has 2 heterocycles. The molecule has 1 saturated heterocycles. The average molecular weight is 192 g/mol. The SMILES string of the molecule is Cc1ccc(N2CC(C)C(N)C2)nn1. The smallest absolute Gasteiger partial charge is 0.151 e. The summed E-state index contributed by atoms with van der Waals surface area (Å²) < 4.78 is 0. The number of hydrogen-bond acceptors (Lipinski definition) is 4. The van der Waals surface area contributed by atoms with Crippen LogP contribution >= 0.6 is 0 Å². The molecule has 76 valence electrons. The zero-order valence-electron chi connectivity index (χ0n) is 8.64. The minimum absolute atomic E-state index is 0.262. The zero-order chi connectivity index (χ0) is 10.1. The highest BCUT2D eigenvalue weighted by molar-refractivity contribution is 5.39. The Morgan fingerprint density at radius 3 is 2.64 bits per heavy atom. The van der Waals surface area contributed by atoms with Crippen LogP contribution in [-0.2, 0) is 0 Å². The van der Waals surface area contributed by atoms with Crippen LogP contribution in [0.4, 0.5) is 5.82 Å². The summed E-state index contributed by atoms with van der Waals surface area (Å²) >= 11 is 0. The van der Waals surface area contributed by atoms with Gasteiger partial charge in [0.2, 0.25) is 0 Å². The number of nitrogens with zero attached hydrogens (tertiary/aromatic N) is 3. The molecule has 2 rings (SSSR count). The van der Waals surface area contributed by atoms with Crippen LogP contribution in [0.1, 0.15) is 12.6 Å². The maximum atomic E-state index is 5.95. The van der Waals surface area contributed by atoms with Gasteiger partial charge in [0.25, 0.3) is 0 Å². The van der Waals surface area contributed by atoms with Crippen LogP contribution in [0.3, 0.4) is 0 Å². The molecular formula is C10H16N4. The second kappa shape index (κ2) is 3.53. The fourth-order valence-electron chi connectivity index (χ4n) is 1.74. The van der Waals surface area contributed by atoms with E-state index in [1.54, 1.807) is 0 Å². The van der Waals surface area contributed by atoms with Gasteiger partial charge in [0.05, 0.1) is 5.69 Å². The molecule has 4 heteroatoms. The lowest BCUT2D eigenvalue weighted by atomic mass is 10.1. The normalized spacial score (nSPS) is 26.9. The highest BCUT2D eigenvalue weighted by Crippen LogP contribution is 2.20. The predicted octanol–water partition coefficient (Wildman–Crippen LogP) is 0.568. The zero-order valence-corrected chi connectivity index (χ0v) is 8.64. The van der Waals surface area contributed by atoms with Crippen LogP contribution in [0.25, 0.3) is 0 Å². The summed E-state index contributed by atoms with van der Waals surface area (Å²) in [5, 5.41) is 8.19. The van der Waals surface area contributed by atoms with Crippen molar-refractivity contribution in [2.24, 2.45) is 11.7 Å². The minimum Gasteiger partial charge on any atom is -0.353 e. The standard InChI is InChI=1S/C10H16N4/c1-7-5-14(6-9(7)11)10-4-3-8(2)12-13-10/h3-4,7,9H,5-6,11H2,1-2H3. The fraction of sp³-hybridized carbons (Fsp3) is 0.600. The van der Waals surface area contributed by atoms with E-state index in [9.17, 15) is 0 Å². The van der Waals surface area contributed by atoms with Gasteiger partial charge in [-0.15, -0.1) is 5.10 Å². The van der Waals surface area contributed by atoms with E-state index in [1.807, 2.05) is 19.1 Å². The van der Waals surface area contributed by atoms with Crippen molar-refractivity contribution in [2.45, 2.75) is 19.9 Å². The number of rotatable bonds is 1. The summed E-state index contributed by atoms with van der Waals surface area (Å²) in [7, 11) is 0. The van der Waals surface area contributed by atoms with Gasteiger partial charge in [-0.1, -0.05) is 6.92 Å². The molecule has 0 saturated carbocycles. The Kier molecular flexibility index (Phi) is 2.37. The Bertz CT molecular complexity index is 298. The lowest BCUT2D eigenvalue weighted by molar-refractivity contribution is 0.566. The van der Waals surface area contributed by atoms with Crippen molar-refractivity contribution in [1.82, 2.24) is 10.2 Å². The van der Waals surface area contributed by atoms with E-state index in [1.165, 1.54) is 0 Å². The van der Waals surface area contributed by atoms with Gasteiger partial charge < -0.3 is 10.6 Å². The lowest BCUT2D eigenvalue weighted by Crippen LogP contribution is -2.28. The van der Waals surface area contributed by atoms with Crippen molar-refractivity contribution < 1.29 is 0 Å². The molecule has 2 atom stereocenters. The van der Waals surface area contributed by atoms with E-state index in [0.29, 0.717) is 5.92 Å². The number of anilines is 1. The van der Waals surface area contributed by atoms with Gasteiger partial charge in [0, 0.05) is 19.1 Å². The number of hydrogen-bond donors (Lipinski definition) is 1. The van der Waals surface area contributed by atoms with E-state index < -0.39 is 0 Å². The average Bonchev–Trinajstić information content (AvgIpc) is 2.48. The molecule has 0 amide bonds. The molecule has 0 bridgehead atoms. The van der Waals surface area contributed by atoms with Crippen LogP contribution in [0, 0.1) is 12.8 Å². The van der Waals surface area contributed by atoms with Gasteiger partial charge in [-0.05, 0) is 25.0 Å². The maximum Gasteiger partial charge on any atom is 0.151 e. The third-order valence-electron chi connectivity index (χ3n) is 2.78. The van der Waals surface area contributed by atoms with Crippen LogP contribution in [0.5, 0.6) is 0 Å². The summed E-state index contributed by atoms with van der Waals surface area (Å²) in [5.41, 5.74) is 6.90. The van der Waals surface area contributed by atoms with E-state index in [0.717, 1.165) is 24.6 Å². The third kappa shape index (κ3) is 1.70. The topological polar surface area (TPSA) is 55.0 Å². The highest BCUT2D eigenvalue weighted by atomic mass is 15.3. The highest BCUT2D eigenvalue weighted by Gasteiger charge is 2.27. The van der Waals surface area contributed by atoms with Gasteiger partial charge in [-0.25, -0.2) is 0 Å². The van der Waals surface area contributed by atoms with Gasteiger partial charge in [0.1, 0.15) is 0 Å².